The van der Waals surface area contributed by atoms with Crippen molar-refractivity contribution in [2.24, 2.45) is 5.92 Å². The number of hydrogen-bond acceptors (Lipinski definition) is 5. The zero-order chi connectivity index (χ0) is 12.0. The smallest absolute Gasteiger partial charge is 0.316 e. The number of carboxylic acid groups (broad SMARTS) is 1. The minimum absolute atomic E-state index is 0.249. The van der Waals surface area contributed by atoms with E-state index in [1.54, 1.807) is 4.68 Å². The van der Waals surface area contributed by atoms with Gasteiger partial charge in [-0.15, -0.1) is 0 Å². The Bertz CT molecular complexity index is 476. The number of fused-ring (bicyclic) bond motifs is 1. The number of carbonyl (C=O) groups is 2. The molecule has 17 heavy (non-hydrogen) atoms. The summed E-state index contributed by atoms with van der Waals surface area (Å²) in [6.45, 7) is 1.38. The first-order valence-corrected chi connectivity index (χ1v) is 5.25. The third-order valence-corrected chi connectivity index (χ3v) is 2.97. The van der Waals surface area contributed by atoms with E-state index in [1.807, 2.05) is 0 Å². The van der Waals surface area contributed by atoms with Crippen LogP contribution in [0, 0.1) is 5.92 Å². The second kappa shape index (κ2) is 3.44. The summed E-state index contributed by atoms with van der Waals surface area (Å²) >= 11 is 0. The van der Waals surface area contributed by atoms with Crippen molar-refractivity contribution in [2.45, 2.75) is 12.5 Å². The normalized spacial score (nSPS) is 26.5. The standard InChI is InChI=1S/C9H10N4O4/c14-7-5(8(15)16)4(3-10-7)6-11-9-13(12-6)1-2-17-9/h4-5H,1-3H2,(H,10,14)(H,15,16). The maximum absolute atomic E-state index is 11.4. The van der Waals surface area contributed by atoms with Crippen LogP contribution in [-0.2, 0) is 16.1 Å². The highest BCUT2D eigenvalue weighted by atomic mass is 16.5. The van der Waals surface area contributed by atoms with Crippen molar-refractivity contribution in [3.63, 3.8) is 0 Å². The highest BCUT2D eigenvalue weighted by Crippen LogP contribution is 2.29. The third-order valence-electron chi connectivity index (χ3n) is 2.97. The van der Waals surface area contributed by atoms with Gasteiger partial charge in [-0.3, -0.25) is 9.59 Å². The van der Waals surface area contributed by atoms with Gasteiger partial charge in [-0.1, -0.05) is 0 Å². The molecule has 1 aromatic heterocycles. The molecule has 3 rings (SSSR count). The molecule has 3 heterocycles. The molecule has 1 amide bonds. The first-order valence-electron chi connectivity index (χ1n) is 5.25. The number of ether oxygens (including phenoxy) is 1. The van der Waals surface area contributed by atoms with E-state index in [9.17, 15) is 9.59 Å². The number of amides is 1. The van der Waals surface area contributed by atoms with Gasteiger partial charge in [0.05, 0.1) is 12.5 Å². The number of nitrogens with zero attached hydrogens (tertiary/aromatic N) is 3. The van der Waals surface area contributed by atoms with E-state index in [2.05, 4.69) is 15.4 Å². The minimum Gasteiger partial charge on any atom is -0.481 e. The summed E-state index contributed by atoms with van der Waals surface area (Å²) in [5.74, 6) is -2.93. The molecule has 2 atom stereocenters. The first-order chi connectivity index (χ1) is 8.16. The molecule has 0 radical (unpaired) electrons. The lowest BCUT2D eigenvalue weighted by atomic mass is 9.95. The zero-order valence-corrected chi connectivity index (χ0v) is 8.79. The molecular weight excluding hydrogens is 228 g/mol. The molecule has 2 N–H and O–H groups in total. The van der Waals surface area contributed by atoms with Gasteiger partial charge < -0.3 is 15.2 Å². The molecule has 8 heteroatoms. The number of hydrogen-bond donors (Lipinski definition) is 2. The summed E-state index contributed by atoms with van der Waals surface area (Å²) in [5.41, 5.74) is 0. The predicted molar refractivity (Wildman–Crippen MR) is 52.4 cm³/mol. The van der Waals surface area contributed by atoms with Gasteiger partial charge >= 0.3 is 12.0 Å². The van der Waals surface area contributed by atoms with Gasteiger partial charge in [0.1, 0.15) is 12.5 Å². The number of aliphatic carboxylic acids is 1. The van der Waals surface area contributed by atoms with Crippen LogP contribution in [0.1, 0.15) is 11.7 Å². The molecule has 0 bridgehead atoms. The molecular formula is C9H10N4O4. The summed E-state index contributed by atoms with van der Waals surface area (Å²) in [6.07, 6.45) is 0. The quantitative estimate of drug-likeness (QED) is 0.613. The second-order valence-corrected chi connectivity index (χ2v) is 3.99. The van der Waals surface area contributed by atoms with Gasteiger partial charge in [0, 0.05) is 6.54 Å². The van der Waals surface area contributed by atoms with E-state index in [4.69, 9.17) is 9.84 Å². The van der Waals surface area contributed by atoms with Crippen LogP contribution in [0.3, 0.4) is 0 Å². The molecule has 8 nitrogen and oxygen atoms in total. The molecule has 1 aromatic rings. The van der Waals surface area contributed by atoms with Crippen LogP contribution in [0.2, 0.25) is 0 Å². The summed E-state index contributed by atoms with van der Waals surface area (Å²) in [4.78, 5) is 26.5. The average molecular weight is 238 g/mol. The van der Waals surface area contributed by atoms with E-state index in [-0.39, 0.29) is 6.54 Å². The van der Waals surface area contributed by atoms with Crippen LogP contribution in [-0.4, -0.2) is 44.9 Å². The molecule has 1 saturated heterocycles. The molecule has 90 valence electrons. The summed E-state index contributed by atoms with van der Waals surface area (Å²) in [7, 11) is 0. The average Bonchev–Trinajstić information content (AvgIpc) is 2.88. The first kappa shape index (κ1) is 10.1. The maximum Gasteiger partial charge on any atom is 0.316 e. The lowest BCUT2D eigenvalue weighted by Gasteiger charge is -2.08. The summed E-state index contributed by atoms with van der Waals surface area (Å²) in [5, 5.41) is 15.7. The molecule has 2 aliphatic rings. The maximum atomic E-state index is 11.4. The third kappa shape index (κ3) is 1.44. The lowest BCUT2D eigenvalue weighted by molar-refractivity contribution is -0.145. The van der Waals surface area contributed by atoms with Gasteiger partial charge in [-0.2, -0.15) is 10.1 Å². The van der Waals surface area contributed by atoms with E-state index in [0.29, 0.717) is 25.0 Å². The van der Waals surface area contributed by atoms with Crippen molar-refractivity contribution >= 4 is 11.9 Å². The second-order valence-electron chi connectivity index (χ2n) is 3.99. The van der Waals surface area contributed by atoms with Crippen molar-refractivity contribution in [3.05, 3.63) is 5.82 Å². The van der Waals surface area contributed by atoms with Crippen molar-refractivity contribution in [1.82, 2.24) is 20.1 Å². The number of aromatic nitrogens is 3. The summed E-state index contributed by atoms with van der Waals surface area (Å²) in [6, 6.07) is 0.392. The Morgan fingerprint density at radius 2 is 2.41 bits per heavy atom. The van der Waals surface area contributed by atoms with Crippen LogP contribution >= 0.6 is 0 Å². The van der Waals surface area contributed by atoms with Crippen molar-refractivity contribution in [3.8, 4) is 6.01 Å². The number of carbonyl (C=O) groups excluding carboxylic acids is 1. The van der Waals surface area contributed by atoms with Gasteiger partial charge in [0.15, 0.2) is 5.82 Å². The van der Waals surface area contributed by atoms with E-state index in [0.717, 1.165) is 0 Å². The highest BCUT2D eigenvalue weighted by molar-refractivity contribution is 5.99. The number of nitrogens with one attached hydrogen (secondary N) is 1. The fraction of sp³-hybridized carbons (Fsp3) is 0.556. The largest absolute Gasteiger partial charge is 0.481 e. The topological polar surface area (TPSA) is 106 Å². The molecule has 1 fully saturated rings. The molecule has 0 aromatic carbocycles. The van der Waals surface area contributed by atoms with Gasteiger partial charge in [-0.25, -0.2) is 4.68 Å². The van der Waals surface area contributed by atoms with Gasteiger partial charge in [0.2, 0.25) is 5.91 Å². The Morgan fingerprint density at radius 1 is 1.59 bits per heavy atom. The molecule has 0 spiro atoms. The van der Waals surface area contributed by atoms with Crippen LogP contribution in [0.4, 0.5) is 0 Å². The Hall–Kier alpha value is -2.12. The van der Waals surface area contributed by atoms with Gasteiger partial charge in [0.25, 0.3) is 0 Å². The van der Waals surface area contributed by atoms with Crippen molar-refractivity contribution < 1.29 is 19.4 Å². The van der Waals surface area contributed by atoms with E-state index < -0.39 is 23.7 Å². The molecule has 2 aliphatic heterocycles. The van der Waals surface area contributed by atoms with E-state index in [1.165, 1.54) is 0 Å². The van der Waals surface area contributed by atoms with Crippen LogP contribution < -0.4 is 10.1 Å². The SMILES string of the molecule is O=C(O)C1C(=O)NCC1c1nc2n(n1)CCO2. The molecule has 0 saturated carbocycles. The van der Waals surface area contributed by atoms with Crippen molar-refractivity contribution in [1.29, 1.82) is 0 Å². The Morgan fingerprint density at radius 3 is 3.12 bits per heavy atom. The van der Waals surface area contributed by atoms with Gasteiger partial charge in [-0.05, 0) is 0 Å². The fourth-order valence-corrected chi connectivity index (χ4v) is 2.12. The minimum atomic E-state index is -1.15. The predicted octanol–water partition coefficient (Wildman–Crippen LogP) is -1.42. The van der Waals surface area contributed by atoms with E-state index >= 15 is 0 Å². The Labute approximate surface area is 95.6 Å². The monoisotopic (exact) mass is 238 g/mol. The lowest BCUT2D eigenvalue weighted by Crippen LogP contribution is -2.27. The van der Waals surface area contributed by atoms with Crippen LogP contribution in [0.25, 0.3) is 0 Å². The zero-order valence-electron chi connectivity index (χ0n) is 8.79. The van der Waals surface area contributed by atoms with Crippen LogP contribution in [0.5, 0.6) is 6.01 Å². The fourth-order valence-electron chi connectivity index (χ4n) is 2.12. The highest BCUT2D eigenvalue weighted by Gasteiger charge is 2.43. The van der Waals surface area contributed by atoms with Crippen molar-refractivity contribution in [2.75, 3.05) is 13.2 Å². The number of carboxylic acids is 1. The summed E-state index contributed by atoms with van der Waals surface area (Å²) < 4.78 is 6.78. The Balaban J connectivity index is 1.92. The number of rotatable bonds is 2. The molecule has 0 aliphatic carbocycles. The van der Waals surface area contributed by atoms with Crippen LogP contribution in [0.15, 0.2) is 0 Å². The Kier molecular flexibility index (Phi) is 2.03. The molecule has 2 unspecified atom stereocenters.